The molecule has 2 rings (SSSR count). The largest absolute Gasteiger partial charge is 0.298 e. The summed E-state index contributed by atoms with van der Waals surface area (Å²) in [7, 11) is 3.93. The highest BCUT2D eigenvalue weighted by atomic mass is 19.2. The molecular weight excluding hydrogens is 209 g/mol. The van der Waals surface area contributed by atoms with Crippen molar-refractivity contribution in [2.24, 2.45) is 0 Å². The molecule has 1 aliphatic rings. The van der Waals surface area contributed by atoms with Crippen molar-refractivity contribution in [2.75, 3.05) is 14.1 Å². The van der Waals surface area contributed by atoms with Crippen LogP contribution >= 0.6 is 0 Å². The van der Waals surface area contributed by atoms with Gasteiger partial charge in [-0.15, -0.1) is 10.2 Å². The molecular formula is C10H16FN5. The lowest BCUT2D eigenvalue weighted by molar-refractivity contribution is 0.0432. The summed E-state index contributed by atoms with van der Waals surface area (Å²) in [4.78, 5) is 2.03. The molecule has 0 bridgehead atoms. The Bertz CT molecular complexity index is 421. The van der Waals surface area contributed by atoms with E-state index in [0.29, 0.717) is 10.9 Å². The number of fused-ring (bicyclic) bond motifs is 1. The van der Waals surface area contributed by atoms with Gasteiger partial charge in [0.25, 0.3) is 0 Å². The van der Waals surface area contributed by atoms with Crippen LogP contribution in [-0.2, 0) is 12.2 Å². The van der Waals surface area contributed by atoms with E-state index in [4.69, 9.17) is 0 Å². The first-order valence-corrected chi connectivity index (χ1v) is 5.14. The number of aromatic nitrogens is 3. The smallest absolute Gasteiger partial charge is 0.159 e. The zero-order valence-corrected chi connectivity index (χ0v) is 9.98. The quantitative estimate of drug-likeness (QED) is 0.709. The summed E-state index contributed by atoms with van der Waals surface area (Å²) >= 11 is 0. The van der Waals surface area contributed by atoms with Gasteiger partial charge in [0.05, 0.1) is 5.54 Å². The molecule has 0 N–H and O–H groups in total. The third-order valence-electron chi connectivity index (χ3n) is 3.11. The maximum Gasteiger partial charge on any atom is 0.159 e. The summed E-state index contributed by atoms with van der Waals surface area (Å²) in [5.74, 6) is 1.46. The van der Waals surface area contributed by atoms with Crippen LogP contribution in [0, 0.1) is 0 Å². The summed E-state index contributed by atoms with van der Waals surface area (Å²) < 4.78 is 14.9. The van der Waals surface area contributed by atoms with Gasteiger partial charge in [-0.2, -0.15) is 5.12 Å². The predicted octanol–water partition coefficient (Wildman–Crippen LogP) is 1.20. The lowest BCUT2D eigenvalue weighted by atomic mass is 10.0. The molecule has 0 saturated carbocycles. The SMILES string of the molecule is CN(C)C(C)(C)c1nnc2n1CN(F)C=C2. The fourth-order valence-electron chi connectivity index (χ4n) is 1.56. The average Bonchev–Trinajstić information content (AvgIpc) is 2.60. The third-order valence-corrected chi connectivity index (χ3v) is 3.11. The fraction of sp³-hybridized carbons (Fsp3) is 0.600. The van der Waals surface area contributed by atoms with Gasteiger partial charge in [0.15, 0.2) is 11.6 Å². The minimum absolute atomic E-state index is 0.144. The normalized spacial score (nSPS) is 15.8. The Hall–Kier alpha value is -1.43. The maximum absolute atomic E-state index is 13.2. The summed E-state index contributed by atoms with van der Waals surface area (Å²) in [5, 5.41) is 8.81. The molecule has 0 amide bonds. The van der Waals surface area contributed by atoms with Crippen LogP contribution in [0.4, 0.5) is 4.48 Å². The molecule has 0 spiro atoms. The molecule has 1 aromatic heterocycles. The molecule has 88 valence electrons. The first-order valence-electron chi connectivity index (χ1n) is 5.14. The van der Waals surface area contributed by atoms with E-state index in [1.165, 1.54) is 6.20 Å². The van der Waals surface area contributed by atoms with Crippen LogP contribution in [0.25, 0.3) is 6.08 Å². The topological polar surface area (TPSA) is 37.2 Å². The molecule has 0 fully saturated rings. The average molecular weight is 225 g/mol. The molecule has 0 radical (unpaired) electrons. The van der Waals surface area contributed by atoms with Crippen molar-refractivity contribution in [1.29, 1.82) is 0 Å². The van der Waals surface area contributed by atoms with E-state index >= 15 is 0 Å². The van der Waals surface area contributed by atoms with Crippen molar-refractivity contribution in [2.45, 2.75) is 26.1 Å². The van der Waals surface area contributed by atoms with Gasteiger partial charge in [0.1, 0.15) is 6.67 Å². The zero-order chi connectivity index (χ0) is 11.9. The summed E-state index contributed by atoms with van der Waals surface area (Å²) in [6.45, 7) is 4.21. The lowest BCUT2D eigenvalue weighted by Gasteiger charge is -2.32. The Morgan fingerprint density at radius 3 is 2.69 bits per heavy atom. The number of rotatable bonds is 2. The second kappa shape index (κ2) is 3.55. The van der Waals surface area contributed by atoms with Crippen LogP contribution in [0.3, 0.4) is 0 Å². The second-order valence-corrected chi connectivity index (χ2v) is 4.62. The van der Waals surface area contributed by atoms with Gasteiger partial charge in [-0.05, 0) is 27.9 Å². The monoisotopic (exact) mass is 225 g/mol. The molecule has 5 nitrogen and oxygen atoms in total. The number of hydrogen-bond acceptors (Lipinski definition) is 4. The molecule has 2 heterocycles. The van der Waals surface area contributed by atoms with E-state index in [9.17, 15) is 4.48 Å². The van der Waals surface area contributed by atoms with E-state index in [-0.39, 0.29) is 12.2 Å². The van der Waals surface area contributed by atoms with Crippen LogP contribution < -0.4 is 0 Å². The van der Waals surface area contributed by atoms with Gasteiger partial charge in [0, 0.05) is 12.3 Å². The summed E-state index contributed by atoms with van der Waals surface area (Å²) in [6.07, 6.45) is 2.97. The minimum atomic E-state index is -0.280. The highest BCUT2D eigenvalue weighted by molar-refractivity contribution is 5.41. The third kappa shape index (κ3) is 1.59. The Balaban J connectivity index is 2.45. The van der Waals surface area contributed by atoms with Gasteiger partial charge >= 0.3 is 0 Å². The van der Waals surface area contributed by atoms with Crippen LogP contribution in [0.5, 0.6) is 0 Å². The molecule has 0 unspecified atom stereocenters. The second-order valence-electron chi connectivity index (χ2n) is 4.62. The Morgan fingerprint density at radius 2 is 2.06 bits per heavy atom. The van der Waals surface area contributed by atoms with E-state index in [0.717, 1.165) is 5.82 Å². The van der Waals surface area contributed by atoms with Gasteiger partial charge in [-0.3, -0.25) is 9.47 Å². The maximum atomic E-state index is 13.2. The molecule has 0 saturated heterocycles. The Morgan fingerprint density at radius 1 is 1.38 bits per heavy atom. The van der Waals surface area contributed by atoms with Crippen molar-refractivity contribution in [3.63, 3.8) is 0 Å². The van der Waals surface area contributed by atoms with Gasteiger partial charge in [0.2, 0.25) is 0 Å². The molecule has 16 heavy (non-hydrogen) atoms. The highest BCUT2D eigenvalue weighted by Gasteiger charge is 2.31. The van der Waals surface area contributed by atoms with Crippen molar-refractivity contribution in [1.82, 2.24) is 24.8 Å². The fourth-order valence-corrected chi connectivity index (χ4v) is 1.56. The van der Waals surface area contributed by atoms with E-state index in [1.54, 1.807) is 10.6 Å². The van der Waals surface area contributed by atoms with Crippen LogP contribution in [-0.4, -0.2) is 38.9 Å². The first-order chi connectivity index (χ1) is 7.43. The van der Waals surface area contributed by atoms with Crippen LogP contribution in [0.2, 0.25) is 0 Å². The highest BCUT2D eigenvalue weighted by Crippen LogP contribution is 2.26. The standard InChI is InChI=1S/C10H16FN5/c1-10(2,14(3)4)9-13-12-8-5-6-15(11)7-16(8)9/h5-6H,7H2,1-4H3. The van der Waals surface area contributed by atoms with Crippen molar-refractivity contribution >= 4 is 6.08 Å². The lowest BCUT2D eigenvalue weighted by Crippen LogP contribution is -2.39. The summed E-state index contributed by atoms with van der Waals surface area (Å²) in [6, 6.07) is 0. The van der Waals surface area contributed by atoms with E-state index in [1.807, 2.05) is 32.8 Å². The Labute approximate surface area is 94.1 Å². The molecule has 6 heteroatoms. The first kappa shape index (κ1) is 11.1. The van der Waals surface area contributed by atoms with Crippen molar-refractivity contribution in [3.8, 4) is 0 Å². The number of nitrogens with zero attached hydrogens (tertiary/aromatic N) is 5. The molecule has 0 aromatic carbocycles. The van der Waals surface area contributed by atoms with Crippen molar-refractivity contribution < 1.29 is 4.48 Å². The molecule has 0 atom stereocenters. The Kier molecular flexibility index (Phi) is 2.46. The minimum Gasteiger partial charge on any atom is -0.298 e. The molecule has 1 aliphatic heterocycles. The summed E-state index contributed by atoms with van der Waals surface area (Å²) in [5.41, 5.74) is -0.280. The number of hydrogen-bond donors (Lipinski definition) is 0. The molecule has 1 aromatic rings. The predicted molar refractivity (Wildman–Crippen MR) is 58.7 cm³/mol. The van der Waals surface area contributed by atoms with Gasteiger partial charge < -0.3 is 0 Å². The van der Waals surface area contributed by atoms with Crippen LogP contribution in [0.1, 0.15) is 25.5 Å². The van der Waals surface area contributed by atoms with E-state index < -0.39 is 0 Å². The number of halogens is 1. The van der Waals surface area contributed by atoms with Crippen molar-refractivity contribution in [3.05, 3.63) is 17.8 Å². The molecule has 0 aliphatic carbocycles. The zero-order valence-electron chi connectivity index (χ0n) is 9.98. The van der Waals surface area contributed by atoms with E-state index in [2.05, 4.69) is 10.2 Å². The van der Waals surface area contributed by atoms with Crippen LogP contribution in [0.15, 0.2) is 6.20 Å². The van der Waals surface area contributed by atoms with Gasteiger partial charge in [-0.1, -0.05) is 4.48 Å². The van der Waals surface area contributed by atoms with Gasteiger partial charge in [-0.25, -0.2) is 0 Å².